The van der Waals surface area contributed by atoms with E-state index in [1.165, 1.54) is 14.2 Å². The maximum atomic E-state index is 12.1. The quantitative estimate of drug-likeness (QED) is 0.751. The Bertz CT molecular complexity index is 409. The molecule has 0 aliphatic rings. The van der Waals surface area contributed by atoms with Crippen molar-refractivity contribution in [1.82, 2.24) is 5.32 Å². The number of carbonyl (C=O) groups excluding carboxylic acids is 1. The Balaban J connectivity index is 3.00. The van der Waals surface area contributed by atoms with Crippen LogP contribution in [-0.2, 0) is 0 Å². The maximum absolute atomic E-state index is 12.1. The summed E-state index contributed by atoms with van der Waals surface area (Å²) in [5.41, 5.74) is 5.84. The van der Waals surface area contributed by atoms with E-state index in [4.69, 9.17) is 10.5 Å². The SMILES string of the molecule is CNC(=O)c1sc(NCC(F)F)c(OC)c1N. The van der Waals surface area contributed by atoms with Crippen LogP contribution in [0.15, 0.2) is 0 Å². The molecule has 0 bridgehead atoms. The topological polar surface area (TPSA) is 76.4 Å². The fourth-order valence-corrected chi connectivity index (χ4v) is 2.24. The van der Waals surface area contributed by atoms with E-state index >= 15 is 0 Å². The molecule has 0 radical (unpaired) electrons. The first-order valence-corrected chi connectivity index (χ1v) is 5.53. The van der Waals surface area contributed by atoms with E-state index in [9.17, 15) is 13.6 Å². The number of amides is 1. The van der Waals surface area contributed by atoms with Crippen molar-refractivity contribution in [2.24, 2.45) is 0 Å². The minimum Gasteiger partial charge on any atom is -0.492 e. The molecule has 0 unspecified atom stereocenters. The highest BCUT2D eigenvalue weighted by Gasteiger charge is 2.21. The van der Waals surface area contributed by atoms with Gasteiger partial charge in [0.05, 0.1) is 13.7 Å². The second-order valence-corrected chi connectivity index (χ2v) is 4.08. The minimum absolute atomic E-state index is 0.147. The maximum Gasteiger partial charge on any atom is 0.263 e. The number of alkyl halides is 2. The molecule has 0 fully saturated rings. The van der Waals surface area contributed by atoms with Gasteiger partial charge in [-0.25, -0.2) is 8.78 Å². The van der Waals surface area contributed by atoms with E-state index in [1.54, 1.807) is 0 Å². The van der Waals surface area contributed by atoms with E-state index in [0.717, 1.165) is 11.3 Å². The first kappa shape index (κ1) is 13.5. The standard InChI is InChI=1S/C9H13F2N3O2S/c1-13-8(15)7-5(12)6(16-2)9(17-7)14-3-4(10)11/h4,14H,3,12H2,1-2H3,(H,13,15). The number of hydrogen-bond donors (Lipinski definition) is 3. The third-order valence-corrected chi connectivity index (χ3v) is 3.10. The van der Waals surface area contributed by atoms with Gasteiger partial charge in [0.25, 0.3) is 12.3 Å². The molecule has 4 N–H and O–H groups in total. The number of nitrogen functional groups attached to an aromatic ring is 1. The smallest absolute Gasteiger partial charge is 0.263 e. The molecule has 1 aromatic heterocycles. The second-order valence-electron chi connectivity index (χ2n) is 3.06. The van der Waals surface area contributed by atoms with Crippen molar-refractivity contribution in [3.05, 3.63) is 4.88 Å². The van der Waals surface area contributed by atoms with Gasteiger partial charge in [-0.2, -0.15) is 0 Å². The first-order chi connectivity index (χ1) is 8.01. The molecule has 1 amide bonds. The van der Waals surface area contributed by atoms with E-state index < -0.39 is 13.0 Å². The highest BCUT2D eigenvalue weighted by molar-refractivity contribution is 7.19. The number of rotatable bonds is 5. The summed E-state index contributed by atoms with van der Waals surface area (Å²) in [6.07, 6.45) is -2.49. The Kier molecular flexibility index (Phi) is 4.50. The van der Waals surface area contributed by atoms with Crippen LogP contribution < -0.4 is 21.1 Å². The predicted molar refractivity (Wildman–Crippen MR) is 63.2 cm³/mol. The van der Waals surface area contributed by atoms with Crippen molar-refractivity contribution in [2.75, 3.05) is 31.8 Å². The number of hydrogen-bond acceptors (Lipinski definition) is 5. The van der Waals surface area contributed by atoms with Gasteiger partial charge in [-0.15, -0.1) is 11.3 Å². The molecule has 0 spiro atoms. The largest absolute Gasteiger partial charge is 0.492 e. The van der Waals surface area contributed by atoms with Crippen molar-refractivity contribution in [3.63, 3.8) is 0 Å². The lowest BCUT2D eigenvalue weighted by Gasteiger charge is -2.05. The summed E-state index contributed by atoms with van der Waals surface area (Å²) in [5.74, 6) is -0.162. The van der Waals surface area contributed by atoms with Crippen molar-refractivity contribution in [2.45, 2.75) is 6.43 Å². The predicted octanol–water partition coefficient (Wildman–Crippen LogP) is 1.38. The Labute approximate surface area is 101 Å². The molecule has 0 atom stereocenters. The summed E-state index contributed by atoms with van der Waals surface area (Å²) in [7, 11) is 2.82. The Morgan fingerprint density at radius 1 is 1.59 bits per heavy atom. The summed E-state index contributed by atoms with van der Waals surface area (Å²) in [5, 5.41) is 5.22. The van der Waals surface area contributed by atoms with Crippen LogP contribution in [0.25, 0.3) is 0 Å². The van der Waals surface area contributed by atoms with Crippen LogP contribution in [0.5, 0.6) is 5.75 Å². The number of nitrogens with one attached hydrogen (secondary N) is 2. The van der Waals surface area contributed by atoms with Crippen LogP contribution in [0.1, 0.15) is 9.67 Å². The zero-order chi connectivity index (χ0) is 13.0. The number of thiophene rings is 1. The average molecular weight is 265 g/mol. The third kappa shape index (κ3) is 2.96. The summed E-state index contributed by atoms with van der Waals surface area (Å²) < 4.78 is 29.1. The van der Waals surface area contributed by atoms with Gasteiger partial charge in [0.1, 0.15) is 15.6 Å². The number of halogens is 2. The normalized spacial score (nSPS) is 10.4. The van der Waals surface area contributed by atoms with Crippen molar-refractivity contribution >= 4 is 27.9 Å². The highest BCUT2D eigenvalue weighted by Crippen LogP contribution is 2.42. The van der Waals surface area contributed by atoms with Crippen LogP contribution in [0, 0.1) is 0 Å². The number of methoxy groups -OCH3 is 1. The monoisotopic (exact) mass is 265 g/mol. The number of anilines is 2. The van der Waals surface area contributed by atoms with Gasteiger partial charge >= 0.3 is 0 Å². The zero-order valence-corrected chi connectivity index (χ0v) is 10.2. The van der Waals surface area contributed by atoms with Gasteiger partial charge in [0.15, 0.2) is 5.75 Å². The van der Waals surface area contributed by atoms with Gasteiger partial charge in [-0.3, -0.25) is 4.79 Å². The lowest BCUT2D eigenvalue weighted by atomic mass is 10.3. The molecule has 8 heteroatoms. The fourth-order valence-electron chi connectivity index (χ4n) is 1.20. The van der Waals surface area contributed by atoms with Crippen LogP contribution >= 0.6 is 11.3 Å². The van der Waals surface area contributed by atoms with Gasteiger partial charge < -0.3 is 21.1 Å². The van der Waals surface area contributed by atoms with Crippen LogP contribution in [0.2, 0.25) is 0 Å². The van der Waals surface area contributed by atoms with Gasteiger partial charge in [0, 0.05) is 7.05 Å². The molecule has 0 saturated carbocycles. The van der Waals surface area contributed by atoms with Crippen molar-refractivity contribution < 1.29 is 18.3 Å². The first-order valence-electron chi connectivity index (χ1n) is 4.71. The molecule has 0 aliphatic carbocycles. The molecule has 0 aromatic carbocycles. The Hall–Kier alpha value is -1.57. The molecule has 1 aromatic rings. The third-order valence-electron chi connectivity index (χ3n) is 1.95. The molecular weight excluding hydrogens is 252 g/mol. The van der Waals surface area contributed by atoms with E-state index in [2.05, 4.69) is 10.6 Å². The van der Waals surface area contributed by atoms with Gasteiger partial charge in [-0.1, -0.05) is 0 Å². The highest BCUT2D eigenvalue weighted by atomic mass is 32.1. The molecular formula is C9H13F2N3O2S. The van der Waals surface area contributed by atoms with E-state index in [0.29, 0.717) is 5.00 Å². The molecule has 0 aliphatic heterocycles. The van der Waals surface area contributed by atoms with Crippen molar-refractivity contribution in [3.8, 4) is 5.75 Å². The van der Waals surface area contributed by atoms with Crippen molar-refractivity contribution in [1.29, 1.82) is 0 Å². The summed E-state index contributed by atoms with van der Waals surface area (Å²) in [6, 6.07) is 0. The lowest BCUT2D eigenvalue weighted by Crippen LogP contribution is -2.17. The fraction of sp³-hybridized carbons (Fsp3) is 0.444. The van der Waals surface area contributed by atoms with Crippen LogP contribution in [-0.4, -0.2) is 33.0 Å². The average Bonchev–Trinajstić information content (AvgIpc) is 2.62. The van der Waals surface area contributed by atoms with Gasteiger partial charge in [0.2, 0.25) is 0 Å². The molecule has 96 valence electrons. The summed E-state index contributed by atoms with van der Waals surface area (Å²) >= 11 is 0.979. The van der Waals surface area contributed by atoms with E-state index in [1.807, 2.05) is 0 Å². The Morgan fingerprint density at radius 2 is 2.24 bits per heavy atom. The van der Waals surface area contributed by atoms with Crippen LogP contribution in [0.3, 0.4) is 0 Å². The zero-order valence-electron chi connectivity index (χ0n) is 9.34. The molecule has 17 heavy (non-hydrogen) atoms. The Morgan fingerprint density at radius 3 is 2.71 bits per heavy atom. The minimum atomic E-state index is -2.49. The summed E-state index contributed by atoms with van der Waals surface area (Å²) in [4.78, 5) is 11.7. The lowest BCUT2D eigenvalue weighted by molar-refractivity contribution is 0.0967. The van der Waals surface area contributed by atoms with E-state index in [-0.39, 0.29) is 22.2 Å². The molecule has 5 nitrogen and oxygen atoms in total. The van der Waals surface area contributed by atoms with Crippen LogP contribution in [0.4, 0.5) is 19.5 Å². The summed E-state index contributed by atoms with van der Waals surface area (Å²) in [6.45, 7) is -0.524. The molecule has 1 heterocycles. The number of carbonyl (C=O) groups is 1. The molecule has 0 saturated heterocycles. The second kappa shape index (κ2) is 5.67. The van der Waals surface area contributed by atoms with Gasteiger partial charge in [-0.05, 0) is 0 Å². The number of ether oxygens (including phenoxy) is 1. The molecule has 1 rings (SSSR count). The number of nitrogens with two attached hydrogens (primary N) is 1.